The molecule has 0 spiro atoms. The van der Waals surface area contributed by atoms with Gasteiger partial charge in [-0.15, -0.1) is 0 Å². The number of hydrogen-bond donors (Lipinski definition) is 1. The lowest BCUT2D eigenvalue weighted by molar-refractivity contribution is -0.113. The fourth-order valence-corrected chi connectivity index (χ4v) is 4.38. The SMILES string of the molecule is Cc1ccc(NC(=O)CSc2nc3cc(Cl)ccc3c(=O)n2CC2CCCO2)cc1. The van der Waals surface area contributed by atoms with Gasteiger partial charge in [-0.2, -0.15) is 0 Å². The predicted molar refractivity (Wildman–Crippen MR) is 121 cm³/mol. The van der Waals surface area contributed by atoms with E-state index >= 15 is 0 Å². The maximum Gasteiger partial charge on any atom is 0.262 e. The van der Waals surface area contributed by atoms with Crippen molar-refractivity contribution in [2.75, 3.05) is 17.7 Å². The quantitative estimate of drug-likeness (QED) is 0.455. The number of hydrogen-bond acceptors (Lipinski definition) is 5. The molecule has 0 radical (unpaired) electrons. The summed E-state index contributed by atoms with van der Waals surface area (Å²) < 4.78 is 7.34. The zero-order valence-electron chi connectivity index (χ0n) is 16.6. The molecule has 1 aliphatic rings. The summed E-state index contributed by atoms with van der Waals surface area (Å²) >= 11 is 7.33. The van der Waals surface area contributed by atoms with Gasteiger partial charge in [0.15, 0.2) is 5.16 Å². The number of carbonyl (C=O) groups is 1. The van der Waals surface area contributed by atoms with Gasteiger partial charge < -0.3 is 10.1 Å². The monoisotopic (exact) mass is 443 g/mol. The second-order valence-corrected chi connectivity index (χ2v) is 8.69. The molecule has 8 heteroatoms. The molecule has 1 aliphatic heterocycles. The molecule has 1 atom stereocenters. The van der Waals surface area contributed by atoms with Crippen LogP contribution in [0.4, 0.5) is 5.69 Å². The lowest BCUT2D eigenvalue weighted by atomic mass is 10.2. The van der Waals surface area contributed by atoms with Crippen molar-refractivity contribution < 1.29 is 9.53 Å². The van der Waals surface area contributed by atoms with Crippen LogP contribution in [0.1, 0.15) is 18.4 Å². The Hall–Kier alpha value is -2.35. The van der Waals surface area contributed by atoms with Crippen molar-refractivity contribution in [3.05, 3.63) is 63.4 Å². The van der Waals surface area contributed by atoms with Crippen molar-refractivity contribution in [3.8, 4) is 0 Å². The minimum absolute atomic E-state index is 0.0185. The van der Waals surface area contributed by atoms with E-state index in [0.29, 0.717) is 34.2 Å². The molecule has 1 fully saturated rings. The van der Waals surface area contributed by atoms with Crippen LogP contribution in [0.3, 0.4) is 0 Å². The summed E-state index contributed by atoms with van der Waals surface area (Å²) in [5.41, 5.74) is 2.24. The van der Waals surface area contributed by atoms with Gasteiger partial charge in [0.05, 0.1) is 29.3 Å². The van der Waals surface area contributed by atoms with Crippen LogP contribution in [0.15, 0.2) is 52.4 Å². The highest BCUT2D eigenvalue weighted by Crippen LogP contribution is 2.23. The number of aromatic nitrogens is 2. The van der Waals surface area contributed by atoms with E-state index in [1.54, 1.807) is 22.8 Å². The third kappa shape index (κ3) is 4.86. The molecule has 6 nitrogen and oxygen atoms in total. The lowest BCUT2D eigenvalue weighted by Gasteiger charge is -2.16. The Morgan fingerprint density at radius 1 is 1.30 bits per heavy atom. The van der Waals surface area contributed by atoms with Gasteiger partial charge in [-0.05, 0) is 50.1 Å². The van der Waals surface area contributed by atoms with Crippen LogP contribution in [0, 0.1) is 6.92 Å². The van der Waals surface area contributed by atoms with Gasteiger partial charge in [-0.1, -0.05) is 41.1 Å². The highest BCUT2D eigenvalue weighted by Gasteiger charge is 2.21. The van der Waals surface area contributed by atoms with Gasteiger partial charge in [0.1, 0.15) is 0 Å². The molecule has 30 heavy (non-hydrogen) atoms. The molecule has 3 aromatic rings. The number of fused-ring (bicyclic) bond motifs is 1. The number of thioether (sulfide) groups is 1. The Balaban J connectivity index is 1.58. The smallest absolute Gasteiger partial charge is 0.262 e. The minimum atomic E-state index is -0.159. The van der Waals surface area contributed by atoms with Crippen molar-refractivity contribution in [1.29, 1.82) is 0 Å². The van der Waals surface area contributed by atoms with Crippen molar-refractivity contribution in [1.82, 2.24) is 9.55 Å². The second kappa shape index (κ2) is 9.20. The number of aryl methyl sites for hydroxylation is 1. The number of anilines is 1. The zero-order valence-corrected chi connectivity index (χ0v) is 18.1. The van der Waals surface area contributed by atoms with Crippen LogP contribution in [0.25, 0.3) is 10.9 Å². The topological polar surface area (TPSA) is 73.2 Å². The molecule has 4 rings (SSSR count). The number of rotatable bonds is 6. The molecule has 0 bridgehead atoms. The summed E-state index contributed by atoms with van der Waals surface area (Å²) in [5, 5.41) is 4.38. The number of halogens is 1. The number of benzene rings is 2. The van der Waals surface area contributed by atoms with Gasteiger partial charge >= 0.3 is 0 Å². The Morgan fingerprint density at radius 3 is 2.83 bits per heavy atom. The van der Waals surface area contributed by atoms with E-state index in [0.717, 1.165) is 24.1 Å². The molecule has 1 unspecified atom stereocenters. The molecular weight excluding hydrogens is 422 g/mol. The normalized spacial score (nSPS) is 16.1. The first-order valence-corrected chi connectivity index (χ1v) is 11.2. The Morgan fingerprint density at radius 2 is 2.10 bits per heavy atom. The Bertz CT molecular complexity index is 1120. The third-order valence-electron chi connectivity index (χ3n) is 4.96. The van der Waals surface area contributed by atoms with Crippen LogP contribution >= 0.6 is 23.4 Å². The fourth-order valence-electron chi connectivity index (χ4n) is 3.40. The van der Waals surface area contributed by atoms with Crippen LogP contribution in [-0.4, -0.2) is 33.9 Å². The van der Waals surface area contributed by atoms with Crippen molar-refractivity contribution >= 4 is 45.9 Å². The summed E-state index contributed by atoms with van der Waals surface area (Å²) in [6.45, 7) is 3.12. The maximum absolute atomic E-state index is 13.1. The van der Waals surface area contributed by atoms with E-state index in [4.69, 9.17) is 16.3 Å². The summed E-state index contributed by atoms with van der Waals surface area (Å²) in [4.78, 5) is 30.2. The summed E-state index contributed by atoms with van der Waals surface area (Å²) in [7, 11) is 0. The first kappa shape index (κ1) is 20.9. The highest BCUT2D eigenvalue weighted by atomic mass is 35.5. The standard InChI is InChI=1S/C22H22ClN3O3S/c1-14-4-7-16(8-5-14)24-20(27)13-30-22-25-19-11-15(23)6-9-18(19)21(28)26(22)12-17-3-2-10-29-17/h4-9,11,17H,2-3,10,12-13H2,1H3,(H,24,27). The number of nitrogens with one attached hydrogen (secondary N) is 1. The molecule has 2 heterocycles. The number of carbonyl (C=O) groups excluding carboxylic acids is 1. The fraction of sp³-hybridized carbons (Fsp3) is 0.318. The van der Waals surface area contributed by atoms with Crippen molar-refractivity contribution in [3.63, 3.8) is 0 Å². The molecule has 1 saturated heterocycles. The first-order valence-electron chi connectivity index (χ1n) is 9.80. The predicted octanol–water partition coefficient (Wildman–Crippen LogP) is 4.27. The van der Waals surface area contributed by atoms with E-state index in [1.807, 2.05) is 31.2 Å². The molecule has 1 N–H and O–H groups in total. The number of nitrogens with zero attached hydrogens (tertiary/aromatic N) is 2. The van der Waals surface area contributed by atoms with Gasteiger partial charge in [-0.25, -0.2) is 4.98 Å². The van der Waals surface area contributed by atoms with Crippen LogP contribution < -0.4 is 10.9 Å². The Labute approximate surface area is 183 Å². The summed E-state index contributed by atoms with van der Waals surface area (Å²) in [5.74, 6) is -0.0225. The van der Waals surface area contributed by atoms with E-state index in [2.05, 4.69) is 10.3 Å². The van der Waals surface area contributed by atoms with Crippen LogP contribution in [0.5, 0.6) is 0 Å². The molecule has 1 aromatic heterocycles. The van der Waals surface area contributed by atoms with E-state index in [1.165, 1.54) is 11.8 Å². The second-order valence-electron chi connectivity index (χ2n) is 7.31. The van der Waals surface area contributed by atoms with Crippen molar-refractivity contribution in [2.45, 2.75) is 37.6 Å². The maximum atomic E-state index is 13.1. The highest BCUT2D eigenvalue weighted by molar-refractivity contribution is 7.99. The lowest BCUT2D eigenvalue weighted by Crippen LogP contribution is -2.29. The van der Waals surface area contributed by atoms with Gasteiger partial charge in [-0.3, -0.25) is 14.2 Å². The minimum Gasteiger partial charge on any atom is -0.376 e. The average molecular weight is 444 g/mol. The first-order chi connectivity index (χ1) is 14.5. The van der Waals surface area contributed by atoms with E-state index in [9.17, 15) is 9.59 Å². The molecule has 2 aromatic carbocycles. The third-order valence-corrected chi connectivity index (χ3v) is 6.17. The van der Waals surface area contributed by atoms with Crippen molar-refractivity contribution in [2.24, 2.45) is 0 Å². The molecule has 1 amide bonds. The molecular formula is C22H22ClN3O3S. The number of ether oxygens (including phenoxy) is 1. The van der Waals surface area contributed by atoms with E-state index < -0.39 is 0 Å². The Kier molecular flexibility index (Phi) is 6.41. The largest absolute Gasteiger partial charge is 0.376 e. The van der Waals surface area contributed by atoms with Crippen LogP contribution in [-0.2, 0) is 16.1 Å². The molecule has 0 aliphatic carbocycles. The van der Waals surface area contributed by atoms with Gasteiger partial charge in [0.2, 0.25) is 5.91 Å². The average Bonchev–Trinajstić information content (AvgIpc) is 3.23. The zero-order chi connectivity index (χ0) is 21.1. The molecule has 0 saturated carbocycles. The van der Waals surface area contributed by atoms with Gasteiger partial charge in [0.25, 0.3) is 5.56 Å². The van der Waals surface area contributed by atoms with E-state index in [-0.39, 0.29) is 23.3 Å². The summed E-state index contributed by atoms with van der Waals surface area (Å²) in [6, 6.07) is 12.7. The number of amides is 1. The van der Waals surface area contributed by atoms with Gasteiger partial charge in [0, 0.05) is 17.3 Å². The van der Waals surface area contributed by atoms with Crippen LogP contribution in [0.2, 0.25) is 5.02 Å². The summed E-state index contributed by atoms with van der Waals surface area (Å²) in [6.07, 6.45) is 1.87. The molecule has 156 valence electrons.